The van der Waals surface area contributed by atoms with Crippen LogP contribution in [0.2, 0.25) is 10.0 Å². The first-order chi connectivity index (χ1) is 12.2. The minimum Gasteiger partial charge on any atom is -0.318 e. The van der Waals surface area contributed by atoms with Crippen molar-refractivity contribution in [1.82, 2.24) is 5.43 Å². The third-order valence-corrected chi connectivity index (χ3v) is 3.74. The van der Waals surface area contributed by atoms with Crippen LogP contribution in [0, 0.1) is 0 Å². The van der Waals surface area contributed by atoms with Crippen LogP contribution >= 0.6 is 23.2 Å². The number of nitrogens with zero attached hydrogens (tertiary/aromatic N) is 1. The van der Waals surface area contributed by atoms with Crippen LogP contribution in [-0.2, 0) is 15.8 Å². The molecule has 0 aliphatic rings. The Morgan fingerprint density at radius 2 is 1.62 bits per heavy atom. The predicted molar refractivity (Wildman–Crippen MR) is 92.3 cm³/mol. The lowest BCUT2D eigenvalue weighted by Crippen LogP contribution is -2.32. The smallest absolute Gasteiger partial charge is 0.318 e. The van der Waals surface area contributed by atoms with Gasteiger partial charge in [0.2, 0.25) is 0 Å². The Labute approximate surface area is 155 Å². The second-order valence-electron chi connectivity index (χ2n) is 4.90. The molecule has 26 heavy (non-hydrogen) atoms. The lowest BCUT2D eigenvalue weighted by Gasteiger charge is -2.08. The molecule has 0 bridgehead atoms. The molecule has 0 saturated carbocycles. The summed E-state index contributed by atoms with van der Waals surface area (Å²) in [5, 5.41) is 6.38. The zero-order chi connectivity index (χ0) is 19.3. The summed E-state index contributed by atoms with van der Waals surface area (Å²) in [6.45, 7) is 0. The lowest BCUT2D eigenvalue weighted by molar-refractivity contribution is -0.137. The van der Waals surface area contributed by atoms with Crippen molar-refractivity contribution >= 4 is 46.9 Å². The van der Waals surface area contributed by atoms with E-state index in [2.05, 4.69) is 10.4 Å². The van der Waals surface area contributed by atoms with Gasteiger partial charge < -0.3 is 5.32 Å². The van der Waals surface area contributed by atoms with Crippen molar-refractivity contribution < 1.29 is 22.8 Å². The number of halogens is 5. The number of hydrogen-bond acceptors (Lipinski definition) is 3. The molecule has 2 rings (SSSR count). The van der Waals surface area contributed by atoms with E-state index in [1.54, 1.807) is 6.07 Å². The molecule has 0 saturated heterocycles. The molecule has 2 aromatic carbocycles. The fourth-order valence-corrected chi connectivity index (χ4v) is 2.05. The largest absolute Gasteiger partial charge is 0.416 e. The van der Waals surface area contributed by atoms with Crippen molar-refractivity contribution in [3.8, 4) is 0 Å². The summed E-state index contributed by atoms with van der Waals surface area (Å²) < 4.78 is 37.4. The molecule has 2 N–H and O–H groups in total. The minimum absolute atomic E-state index is 0.0339. The van der Waals surface area contributed by atoms with Crippen molar-refractivity contribution in [2.45, 2.75) is 6.18 Å². The van der Waals surface area contributed by atoms with Gasteiger partial charge in [-0.05, 0) is 42.0 Å². The molecule has 0 spiro atoms. The normalized spacial score (nSPS) is 11.4. The van der Waals surface area contributed by atoms with Crippen molar-refractivity contribution in [2.24, 2.45) is 5.10 Å². The van der Waals surface area contributed by atoms with Crippen LogP contribution in [0.1, 0.15) is 11.1 Å². The number of carbonyl (C=O) groups is 2. The van der Waals surface area contributed by atoms with E-state index in [9.17, 15) is 22.8 Å². The van der Waals surface area contributed by atoms with Crippen LogP contribution in [0.25, 0.3) is 0 Å². The van der Waals surface area contributed by atoms with E-state index in [0.29, 0.717) is 15.6 Å². The Kier molecular flexibility index (Phi) is 6.23. The van der Waals surface area contributed by atoms with Crippen molar-refractivity contribution in [1.29, 1.82) is 0 Å². The Morgan fingerprint density at radius 1 is 0.962 bits per heavy atom. The molecule has 0 fully saturated rings. The predicted octanol–water partition coefficient (Wildman–Crippen LogP) is 4.10. The number of nitrogens with one attached hydrogen (secondary N) is 2. The Hall–Kier alpha value is -2.58. The number of amides is 2. The van der Waals surface area contributed by atoms with E-state index in [1.807, 2.05) is 5.43 Å². The first-order valence-electron chi connectivity index (χ1n) is 6.93. The number of carbonyl (C=O) groups excluding carboxylic acids is 2. The van der Waals surface area contributed by atoms with Crippen LogP contribution < -0.4 is 10.7 Å². The molecule has 0 radical (unpaired) electrons. The van der Waals surface area contributed by atoms with E-state index in [0.717, 1.165) is 24.3 Å². The van der Waals surface area contributed by atoms with E-state index in [-0.39, 0.29) is 5.69 Å². The Bertz CT molecular complexity index is 853. The minimum atomic E-state index is -4.49. The van der Waals surface area contributed by atoms with Crippen molar-refractivity contribution in [3.63, 3.8) is 0 Å². The highest BCUT2D eigenvalue weighted by atomic mass is 35.5. The van der Waals surface area contributed by atoms with Crippen molar-refractivity contribution in [3.05, 3.63) is 63.6 Å². The quantitative estimate of drug-likeness (QED) is 0.460. The van der Waals surface area contributed by atoms with Crippen LogP contribution in [0.3, 0.4) is 0 Å². The molecule has 10 heteroatoms. The van der Waals surface area contributed by atoms with Gasteiger partial charge in [0.05, 0.1) is 21.8 Å². The number of anilines is 1. The second kappa shape index (κ2) is 8.20. The van der Waals surface area contributed by atoms with Crippen LogP contribution in [0.4, 0.5) is 18.9 Å². The lowest BCUT2D eigenvalue weighted by atomic mass is 10.2. The van der Waals surface area contributed by atoms with E-state index < -0.39 is 23.6 Å². The molecule has 0 heterocycles. The summed E-state index contributed by atoms with van der Waals surface area (Å²) in [7, 11) is 0. The third-order valence-electron chi connectivity index (χ3n) is 3.00. The molecular weight excluding hydrogens is 394 g/mol. The number of benzene rings is 2. The average Bonchev–Trinajstić information content (AvgIpc) is 2.57. The van der Waals surface area contributed by atoms with Gasteiger partial charge in [-0.3, -0.25) is 9.59 Å². The number of alkyl halides is 3. The van der Waals surface area contributed by atoms with Gasteiger partial charge in [0.1, 0.15) is 0 Å². The fourth-order valence-electron chi connectivity index (χ4n) is 1.74. The fraction of sp³-hybridized carbons (Fsp3) is 0.0625. The topological polar surface area (TPSA) is 70.6 Å². The third kappa shape index (κ3) is 5.47. The maximum absolute atomic E-state index is 12.5. The van der Waals surface area contributed by atoms with Crippen molar-refractivity contribution in [2.75, 3.05) is 5.32 Å². The molecule has 136 valence electrons. The summed E-state index contributed by atoms with van der Waals surface area (Å²) in [6, 6.07) is 8.27. The number of rotatable bonds is 3. The standard InChI is InChI=1S/C16H10Cl2F3N3O2/c17-12-6-1-9(7-13(12)18)8-22-24-15(26)14(25)23-11-4-2-10(3-5-11)16(19,20)21/h1-8H,(H,23,25)(H,24,26)/b22-8+. The zero-order valence-corrected chi connectivity index (χ0v) is 14.3. The first-order valence-corrected chi connectivity index (χ1v) is 7.69. The zero-order valence-electron chi connectivity index (χ0n) is 12.8. The molecule has 0 aromatic heterocycles. The second-order valence-corrected chi connectivity index (χ2v) is 5.72. The van der Waals surface area contributed by atoms with Crippen LogP contribution in [0.15, 0.2) is 47.6 Å². The summed E-state index contributed by atoms with van der Waals surface area (Å²) >= 11 is 11.6. The number of hydrogen-bond donors (Lipinski definition) is 2. The maximum atomic E-state index is 12.5. The van der Waals surface area contributed by atoms with Gasteiger partial charge in [-0.25, -0.2) is 5.43 Å². The molecule has 5 nitrogen and oxygen atoms in total. The van der Waals surface area contributed by atoms with Gasteiger partial charge in [0, 0.05) is 5.69 Å². The highest BCUT2D eigenvalue weighted by Crippen LogP contribution is 2.29. The number of hydrazone groups is 1. The molecule has 2 aromatic rings. The van der Waals surface area contributed by atoms with Gasteiger partial charge in [-0.2, -0.15) is 18.3 Å². The van der Waals surface area contributed by atoms with E-state index in [1.165, 1.54) is 18.3 Å². The van der Waals surface area contributed by atoms with Crippen LogP contribution in [-0.4, -0.2) is 18.0 Å². The molecule has 2 amide bonds. The average molecular weight is 404 g/mol. The van der Waals surface area contributed by atoms with Gasteiger partial charge in [0.25, 0.3) is 0 Å². The molecule has 0 aliphatic carbocycles. The van der Waals surface area contributed by atoms with Gasteiger partial charge in [-0.1, -0.05) is 29.3 Å². The monoisotopic (exact) mass is 403 g/mol. The summed E-state index contributed by atoms with van der Waals surface area (Å²) in [5.41, 5.74) is 1.68. The first kappa shape index (κ1) is 19.7. The molecular formula is C16H10Cl2F3N3O2. The molecule has 0 aliphatic heterocycles. The van der Waals surface area contributed by atoms with Gasteiger partial charge in [-0.15, -0.1) is 0 Å². The molecule has 0 atom stereocenters. The van der Waals surface area contributed by atoms with Gasteiger partial charge >= 0.3 is 18.0 Å². The Morgan fingerprint density at radius 3 is 2.19 bits per heavy atom. The Balaban J connectivity index is 1.92. The van der Waals surface area contributed by atoms with Crippen LogP contribution in [0.5, 0.6) is 0 Å². The van der Waals surface area contributed by atoms with E-state index >= 15 is 0 Å². The highest BCUT2D eigenvalue weighted by molar-refractivity contribution is 6.42. The summed E-state index contributed by atoms with van der Waals surface area (Å²) in [6.07, 6.45) is -3.25. The maximum Gasteiger partial charge on any atom is 0.416 e. The van der Waals surface area contributed by atoms with Gasteiger partial charge in [0.15, 0.2) is 0 Å². The summed E-state index contributed by atoms with van der Waals surface area (Å²) in [4.78, 5) is 23.3. The highest BCUT2D eigenvalue weighted by Gasteiger charge is 2.30. The molecule has 0 unspecified atom stereocenters. The van der Waals surface area contributed by atoms with E-state index in [4.69, 9.17) is 23.2 Å². The summed E-state index contributed by atoms with van der Waals surface area (Å²) in [5.74, 6) is -2.18. The SMILES string of the molecule is O=C(N/N=C/c1ccc(Cl)c(Cl)c1)C(=O)Nc1ccc(C(F)(F)F)cc1.